The average Bonchev–Trinajstić information content (AvgIpc) is 3.16. The fourth-order valence-corrected chi connectivity index (χ4v) is 5.42. The highest BCUT2D eigenvalue weighted by molar-refractivity contribution is 8.00. The molecule has 1 aromatic carbocycles. The van der Waals surface area contributed by atoms with Crippen molar-refractivity contribution in [2.75, 3.05) is 18.6 Å². The van der Waals surface area contributed by atoms with E-state index in [-0.39, 0.29) is 23.5 Å². The second kappa shape index (κ2) is 7.89. The first kappa shape index (κ1) is 19.7. The normalized spacial score (nSPS) is 19.6. The average molecular weight is 411 g/mol. The number of nitrogens with one attached hydrogen (secondary N) is 1. The summed E-state index contributed by atoms with van der Waals surface area (Å²) in [5.74, 6) is 1.27. The third-order valence-corrected chi connectivity index (χ3v) is 7.31. The second-order valence-electron chi connectivity index (χ2n) is 6.43. The van der Waals surface area contributed by atoms with Crippen LogP contribution in [0.1, 0.15) is 13.3 Å². The van der Waals surface area contributed by atoms with Gasteiger partial charge in [0.25, 0.3) is 0 Å². The van der Waals surface area contributed by atoms with Gasteiger partial charge in [0.2, 0.25) is 5.91 Å². The number of methoxy groups -OCH3 is 1. The second-order valence-corrected chi connectivity index (χ2v) is 9.97. The highest BCUT2D eigenvalue weighted by atomic mass is 32.2. The number of carbonyl (C=O) groups excluding carboxylic acids is 1. The number of rotatable bonds is 6. The van der Waals surface area contributed by atoms with Gasteiger partial charge >= 0.3 is 0 Å². The summed E-state index contributed by atoms with van der Waals surface area (Å²) in [5.41, 5.74) is 0.815. The fourth-order valence-electron chi connectivity index (χ4n) is 2.92. The molecule has 1 N–H and O–H groups in total. The van der Waals surface area contributed by atoms with Crippen LogP contribution in [0.2, 0.25) is 0 Å². The van der Waals surface area contributed by atoms with Crippen molar-refractivity contribution >= 4 is 27.5 Å². The van der Waals surface area contributed by atoms with E-state index in [4.69, 9.17) is 4.74 Å². The molecule has 1 saturated heterocycles. The van der Waals surface area contributed by atoms with Crippen molar-refractivity contribution in [2.45, 2.75) is 29.8 Å². The maximum atomic E-state index is 12.4. The Morgan fingerprint density at radius 2 is 2.11 bits per heavy atom. The summed E-state index contributed by atoms with van der Waals surface area (Å²) in [6.07, 6.45) is 0.466. The van der Waals surface area contributed by atoms with E-state index in [0.717, 1.165) is 5.56 Å². The van der Waals surface area contributed by atoms with Crippen LogP contribution in [0.3, 0.4) is 0 Å². The van der Waals surface area contributed by atoms with Crippen LogP contribution in [0, 0.1) is 0 Å². The molecule has 27 heavy (non-hydrogen) atoms. The van der Waals surface area contributed by atoms with Gasteiger partial charge in [-0.25, -0.2) is 8.42 Å². The molecule has 2 atom stereocenters. The molecule has 1 aliphatic rings. The predicted molar refractivity (Wildman–Crippen MR) is 104 cm³/mol. The first-order valence-corrected chi connectivity index (χ1v) is 11.2. The highest BCUT2D eigenvalue weighted by Gasteiger charge is 2.30. The van der Waals surface area contributed by atoms with Gasteiger partial charge in [0.1, 0.15) is 5.75 Å². The molecule has 1 fully saturated rings. The molecule has 1 aliphatic heterocycles. The predicted octanol–water partition coefficient (Wildman–Crippen LogP) is 1.27. The molecule has 146 valence electrons. The van der Waals surface area contributed by atoms with Gasteiger partial charge in [-0.05, 0) is 25.5 Å². The lowest BCUT2D eigenvalue weighted by atomic mass is 10.2. The van der Waals surface area contributed by atoms with Crippen molar-refractivity contribution in [1.82, 2.24) is 20.1 Å². The standard InChI is InChI=1S/C17H22N4O4S2/c1-11(16(22)18-12-8-9-27(23,24)10-12)26-17-20-19-15(21(17)2)13-6-4-5-7-14(13)25-3/h4-7,11-12H,8-10H2,1-3H3,(H,18,22)/t11-,12+/m1/s1. The van der Waals surface area contributed by atoms with Crippen molar-refractivity contribution in [3.63, 3.8) is 0 Å². The Hall–Kier alpha value is -2.07. The largest absolute Gasteiger partial charge is 0.496 e. The zero-order valence-electron chi connectivity index (χ0n) is 15.4. The zero-order chi connectivity index (χ0) is 19.6. The quantitative estimate of drug-likeness (QED) is 0.716. The van der Waals surface area contributed by atoms with Gasteiger partial charge in [0.15, 0.2) is 20.8 Å². The van der Waals surface area contributed by atoms with Crippen molar-refractivity contribution < 1.29 is 17.9 Å². The van der Waals surface area contributed by atoms with Crippen molar-refractivity contribution in [3.05, 3.63) is 24.3 Å². The molecule has 0 saturated carbocycles. The summed E-state index contributed by atoms with van der Waals surface area (Å²) < 4.78 is 30.2. The Morgan fingerprint density at radius 3 is 2.78 bits per heavy atom. The summed E-state index contributed by atoms with van der Waals surface area (Å²) in [7, 11) is 0.403. The van der Waals surface area contributed by atoms with E-state index >= 15 is 0 Å². The van der Waals surface area contributed by atoms with Gasteiger partial charge in [0, 0.05) is 13.1 Å². The van der Waals surface area contributed by atoms with Gasteiger partial charge in [0.05, 0.1) is 29.4 Å². The topological polar surface area (TPSA) is 103 Å². The smallest absolute Gasteiger partial charge is 0.233 e. The van der Waals surface area contributed by atoms with Gasteiger partial charge < -0.3 is 14.6 Å². The number of ether oxygens (including phenoxy) is 1. The van der Waals surface area contributed by atoms with Crippen molar-refractivity contribution in [3.8, 4) is 17.1 Å². The van der Waals surface area contributed by atoms with Crippen LogP contribution in [-0.2, 0) is 21.7 Å². The van der Waals surface area contributed by atoms with Crippen LogP contribution in [0.25, 0.3) is 11.4 Å². The number of nitrogens with zero attached hydrogens (tertiary/aromatic N) is 3. The number of benzene rings is 1. The van der Waals surface area contributed by atoms with Crippen molar-refractivity contribution in [1.29, 1.82) is 0 Å². The number of hydrogen-bond donors (Lipinski definition) is 1. The minimum atomic E-state index is -3.03. The molecule has 2 heterocycles. The summed E-state index contributed by atoms with van der Waals surface area (Å²) in [6.45, 7) is 1.76. The molecule has 0 aliphatic carbocycles. The SMILES string of the molecule is COc1ccccc1-c1nnc(S[C@H](C)C(=O)N[C@H]2CCS(=O)(=O)C2)n1C. The van der Waals surface area contributed by atoms with Crippen molar-refractivity contribution in [2.24, 2.45) is 7.05 Å². The molecular weight excluding hydrogens is 388 g/mol. The van der Waals surface area contributed by atoms with Crippen LogP contribution in [-0.4, -0.2) is 59.0 Å². The fraction of sp³-hybridized carbons (Fsp3) is 0.471. The maximum Gasteiger partial charge on any atom is 0.233 e. The lowest BCUT2D eigenvalue weighted by Crippen LogP contribution is -2.40. The molecule has 8 nitrogen and oxygen atoms in total. The Labute approximate surface area is 162 Å². The van der Waals surface area contributed by atoms with E-state index < -0.39 is 15.1 Å². The minimum absolute atomic E-state index is 0.0119. The Balaban J connectivity index is 1.69. The van der Waals surface area contributed by atoms with E-state index in [9.17, 15) is 13.2 Å². The molecular formula is C17H22N4O4S2. The Kier molecular flexibility index (Phi) is 5.75. The third kappa shape index (κ3) is 4.44. The van der Waals surface area contributed by atoms with E-state index in [1.165, 1.54) is 11.8 Å². The van der Waals surface area contributed by atoms with Gasteiger partial charge in [-0.15, -0.1) is 10.2 Å². The summed E-state index contributed by atoms with van der Waals surface area (Å²) in [4.78, 5) is 12.4. The van der Waals surface area contributed by atoms with E-state index in [1.807, 2.05) is 35.9 Å². The van der Waals surface area contributed by atoms with Crippen LogP contribution in [0.5, 0.6) is 5.75 Å². The summed E-state index contributed by atoms with van der Waals surface area (Å²) in [6, 6.07) is 7.21. The summed E-state index contributed by atoms with van der Waals surface area (Å²) >= 11 is 1.28. The van der Waals surface area contributed by atoms with Crippen LogP contribution < -0.4 is 10.1 Å². The van der Waals surface area contributed by atoms with Gasteiger partial charge in [-0.1, -0.05) is 23.9 Å². The first-order valence-electron chi connectivity index (χ1n) is 8.51. The maximum absolute atomic E-state index is 12.4. The first-order chi connectivity index (χ1) is 12.8. The molecule has 0 bridgehead atoms. The van der Waals surface area contributed by atoms with E-state index in [2.05, 4.69) is 15.5 Å². The number of hydrogen-bond acceptors (Lipinski definition) is 7. The molecule has 10 heteroatoms. The number of thioether (sulfide) groups is 1. The highest BCUT2D eigenvalue weighted by Crippen LogP contribution is 2.31. The molecule has 0 radical (unpaired) electrons. The number of amides is 1. The molecule has 2 aromatic rings. The molecule has 1 aromatic heterocycles. The molecule has 0 spiro atoms. The van der Waals surface area contributed by atoms with E-state index in [1.54, 1.807) is 14.0 Å². The molecule has 3 rings (SSSR count). The third-order valence-electron chi connectivity index (χ3n) is 4.41. The molecule has 1 amide bonds. The summed E-state index contributed by atoms with van der Waals surface area (Å²) in [5, 5.41) is 11.4. The lowest BCUT2D eigenvalue weighted by Gasteiger charge is -2.15. The molecule has 0 unspecified atom stereocenters. The number of aromatic nitrogens is 3. The lowest BCUT2D eigenvalue weighted by molar-refractivity contribution is -0.120. The van der Waals surface area contributed by atoms with Gasteiger partial charge in [-0.3, -0.25) is 4.79 Å². The van der Waals surface area contributed by atoms with Gasteiger partial charge in [-0.2, -0.15) is 0 Å². The van der Waals surface area contributed by atoms with Crippen LogP contribution in [0.15, 0.2) is 29.4 Å². The zero-order valence-corrected chi connectivity index (χ0v) is 17.0. The number of sulfone groups is 1. The monoisotopic (exact) mass is 410 g/mol. The minimum Gasteiger partial charge on any atom is -0.496 e. The van der Waals surface area contributed by atoms with E-state index in [0.29, 0.717) is 23.2 Å². The Bertz CT molecular complexity index is 942. The number of carbonyl (C=O) groups is 1. The van der Waals surface area contributed by atoms with Crippen LogP contribution >= 0.6 is 11.8 Å². The Morgan fingerprint density at radius 1 is 1.37 bits per heavy atom. The van der Waals surface area contributed by atoms with Crippen LogP contribution in [0.4, 0.5) is 0 Å². The number of para-hydroxylation sites is 1.